The van der Waals surface area contributed by atoms with Gasteiger partial charge in [0.15, 0.2) is 0 Å². The molecule has 1 heterocycles. The predicted octanol–water partition coefficient (Wildman–Crippen LogP) is 2.33. The Morgan fingerprint density at radius 1 is 1.50 bits per heavy atom. The van der Waals surface area contributed by atoms with Gasteiger partial charge in [-0.3, -0.25) is 4.21 Å². The summed E-state index contributed by atoms with van der Waals surface area (Å²) >= 11 is 0. The maximum Gasteiger partial charge on any atom is 0.322 e. The van der Waals surface area contributed by atoms with Gasteiger partial charge >= 0.3 is 6.03 Å². The fourth-order valence-electron chi connectivity index (χ4n) is 2.75. The summed E-state index contributed by atoms with van der Waals surface area (Å²) in [5.41, 5.74) is -0.680. The van der Waals surface area contributed by atoms with Gasteiger partial charge in [-0.25, -0.2) is 9.18 Å². The number of aliphatic hydroxyl groups is 1. The third-order valence-electron chi connectivity index (χ3n) is 3.82. The van der Waals surface area contributed by atoms with Gasteiger partial charge in [-0.1, -0.05) is 0 Å². The van der Waals surface area contributed by atoms with E-state index in [1.54, 1.807) is 18.7 Å². The maximum atomic E-state index is 13.8. The normalized spacial score (nSPS) is 20.0. The Bertz CT molecular complexity index is 601. The molecule has 1 aromatic rings. The smallest absolute Gasteiger partial charge is 0.322 e. The van der Waals surface area contributed by atoms with Gasteiger partial charge in [0.1, 0.15) is 5.82 Å². The first-order valence-electron chi connectivity index (χ1n) is 7.13. The van der Waals surface area contributed by atoms with Crippen LogP contribution in [-0.2, 0) is 10.8 Å². The van der Waals surface area contributed by atoms with Crippen LogP contribution in [0.3, 0.4) is 0 Å². The second-order valence-corrected chi connectivity index (χ2v) is 7.38. The second-order valence-electron chi connectivity index (χ2n) is 6.03. The molecule has 22 heavy (non-hydrogen) atoms. The fourth-order valence-corrected chi connectivity index (χ4v) is 3.34. The SMILES string of the molecule is CS(=O)c1ccc(NC(=O)N2CCCC2C(C)(C)O)cc1F. The van der Waals surface area contributed by atoms with E-state index < -0.39 is 22.2 Å². The molecule has 1 fully saturated rings. The van der Waals surface area contributed by atoms with Crippen molar-refractivity contribution in [2.75, 3.05) is 18.1 Å². The Morgan fingerprint density at radius 3 is 2.73 bits per heavy atom. The Morgan fingerprint density at radius 2 is 2.18 bits per heavy atom. The maximum absolute atomic E-state index is 13.8. The van der Waals surface area contributed by atoms with Gasteiger partial charge in [0.25, 0.3) is 0 Å². The van der Waals surface area contributed by atoms with Crippen molar-refractivity contribution in [1.82, 2.24) is 4.90 Å². The van der Waals surface area contributed by atoms with Gasteiger partial charge in [-0.15, -0.1) is 0 Å². The molecule has 2 atom stereocenters. The molecule has 1 saturated heterocycles. The summed E-state index contributed by atoms with van der Waals surface area (Å²) in [5.74, 6) is -0.612. The van der Waals surface area contributed by atoms with Crippen LogP contribution in [-0.4, -0.2) is 44.7 Å². The van der Waals surface area contributed by atoms with Gasteiger partial charge in [0, 0.05) is 18.5 Å². The minimum absolute atomic E-state index is 0.105. The topological polar surface area (TPSA) is 69.6 Å². The lowest BCUT2D eigenvalue weighted by atomic mass is 9.97. The number of likely N-dealkylation sites (tertiary alicyclic amines) is 1. The van der Waals surface area contributed by atoms with Gasteiger partial charge in [0.05, 0.1) is 27.3 Å². The summed E-state index contributed by atoms with van der Waals surface area (Å²) in [6.07, 6.45) is 2.96. The van der Waals surface area contributed by atoms with Crippen LogP contribution >= 0.6 is 0 Å². The van der Waals surface area contributed by atoms with Crippen LogP contribution in [0, 0.1) is 5.82 Å². The highest BCUT2D eigenvalue weighted by molar-refractivity contribution is 7.84. The van der Waals surface area contributed by atoms with Crippen molar-refractivity contribution in [3.05, 3.63) is 24.0 Å². The van der Waals surface area contributed by atoms with Crippen LogP contribution in [0.1, 0.15) is 26.7 Å². The molecule has 0 aliphatic carbocycles. The number of carbonyl (C=O) groups excluding carboxylic acids is 1. The van der Waals surface area contributed by atoms with Gasteiger partial charge in [0.2, 0.25) is 0 Å². The number of hydrogen-bond acceptors (Lipinski definition) is 3. The van der Waals surface area contributed by atoms with Crippen molar-refractivity contribution < 1.29 is 18.5 Å². The lowest BCUT2D eigenvalue weighted by molar-refractivity contribution is 0.0117. The van der Waals surface area contributed by atoms with Crippen molar-refractivity contribution in [3.63, 3.8) is 0 Å². The second kappa shape index (κ2) is 6.34. The van der Waals surface area contributed by atoms with E-state index in [0.29, 0.717) is 12.2 Å². The number of rotatable bonds is 3. The van der Waals surface area contributed by atoms with Crippen LogP contribution in [0.15, 0.2) is 23.1 Å². The van der Waals surface area contributed by atoms with Crippen molar-refractivity contribution >= 4 is 22.5 Å². The third-order valence-corrected chi connectivity index (χ3v) is 4.77. The van der Waals surface area contributed by atoms with Crippen molar-refractivity contribution in [3.8, 4) is 0 Å². The number of carbonyl (C=O) groups is 1. The molecule has 5 nitrogen and oxygen atoms in total. The molecule has 0 saturated carbocycles. The third kappa shape index (κ3) is 3.64. The molecule has 2 rings (SSSR count). The number of amides is 2. The summed E-state index contributed by atoms with van der Waals surface area (Å²) in [7, 11) is -1.41. The minimum Gasteiger partial charge on any atom is -0.388 e. The van der Waals surface area contributed by atoms with E-state index in [1.807, 2.05) is 0 Å². The quantitative estimate of drug-likeness (QED) is 0.895. The zero-order chi connectivity index (χ0) is 16.5. The molecule has 0 radical (unpaired) electrons. The molecule has 1 aromatic carbocycles. The molecule has 1 aliphatic heterocycles. The molecule has 0 spiro atoms. The first-order valence-corrected chi connectivity index (χ1v) is 8.69. The first-order chi connectivity index (χ1) is 10.2. The van der Waals surface area contributed by atoms with E-state index in [-0.39, 0.29) is 17.0 Å². The highest BCUT2D eigenvalue weighted by Gasteiger charge is 2.38. The standard InChI is InChI=1S/C15H21FN2O3S/c1-15(2,20)13-5-4-8-18(13)14(19)17-10-6-7-12(22(3)21)11(16)9-10/h6-7,9,13,20H,4-5,8H2,1-3H3,(H,17,19). The number of nitrogens with zero attached hydrogens (tertiary/aromatic N) is 1. The van der Waals surface area contributed by atoms with E-state index >= 15 is 0 Å². The van der Waals surface area contributed by atoms with Gasteiger partial charge in [-0.05, 0) is 44.9 Å². The highest BCUT2D eigenvalue weighted by atomic mass is 32.2. The Hall–Kier alpha value is -1.47. The average molecular weight is 328 g/mol. The molecule has 2 unspecified atom stereocenters. The van der Waals surface area contributed by atoms with E-state index in [4.69, 9.17) is 0 Å². The Kier molecular flexibility index (Phi) is 4.87. The van der Waals surface area contributed by atoms with Crippen LogP contribution in [0.25, 0.3) is 0 Å². The fraction of sp³-hybridized carbons (Fsp3) is 0.533. The average Bonchev–Trinajstić information content (AvgIpc) is 2.87. The molecule has 0 bridgehead atoms. The van der Waals surface area contributed by atoms with E-state index in [1.165, 1.54) is 18.4 Å². The molecule has 7 heteroatoms. The first kappa shape index (κ1) is 16.9. The zero-order valence-electron chi connectivity index (χ0n) is 12.9. The van der Waals surface area contributed by atoms with E-state index in [2.05, 4.69) is 5.32 Å². The van der Waals surface area contributed by atoms with Crippen molar-refractivity contribution in [2.45, 2.75) is 43.2 Å². The molecular weight excluding hydrogens is 307 g/mol. The molecule has 0 aromatic heterocycles. The highest BCUT2D eigenvalue weighted by Crippen LogP contribution is 2.27. The molecule has 122 valence electrons. The van der Waals surface area contributed by atoms with Crippen molar-refractivity contribution in [2.24, 2.45) is 0 Å². The van der Waals surface area contributed by atoms with Crippen LogP contribution < -0.4 is 5.32 Å². The van der Waals surface area contributed by atoms with E-state index in [0.717, 1.165) is 18.9 Å². The number of urea groups is 1. The molecule has 1 aliphatic rings. The number of hydrogen-bond donors (Lipinski definition) is 2. The lowest BCUT2D eigenvalue weighted by Gasteiger charge is -2.33. The number of nitrogens with one attached hydrogen (secondary N) is 1. The number of benzene rings is 1. The van der Waals surface area contributed by atoms with Crippen LogP contribution in [0.4, 0.5) is 14.9 Å². The summed E-state index contributed by atoms with van der Waals surface area (Å²) in [6, 6.07) is 3.45. The predicted molar refractivity (Wildman–Crippen MR) is 83.8 cm³/mol. The van der Waals surface area contributed by atoms with E-state index in [9.17, 15) is 18.5 Å². The summed E-state index contributed by atoms with van der Waals surface area (Å²) < 4.78 is 25.1. The molecular formula is C15H21FN2O3S. The minimum atomic E-state index is -1.41. The van der Waals surface area contributed by atoms with Crippen LogP contribution in [0.5, 0.6) is 0 Å². The Balaban J connectivity index is 2.12. The molecule has 2 amide bonds. The monoisotopic (exact) mass is 328 g/mol. The van der Waals surface area contributed by atoms with Gasteiger partial charge < -0.3 is 15.3 Å². The van der Waals surface area contributed by atoms with Gasteiger partial charge in [-0.2, -0.15) is 0 Å². The summed E-state index contributed by atoms with van der Waals surface area (Å²) in [6.45, 7) is 3.91. The summed E-state index contributed by atoms with van der Waals surface area (Å²) in [5, 5.41) is 12.8. The largest absolute Gasteiger partial charge is 0.388 e. The van der Waals surface area contributed by atoms with Crippen LogP contribution in [0.2, 0.25) is 0 Å². The Labute approximate surface area is 132 Å². The lowest BCUT2D eigenvalue weighted by Crippen LogP contribution is -2.49. The number of anilines is 1. The summed E-state index contributed by atoms with van der Waals surface area (Å²) in [4.78, 5) is 14.0. The van der Waals surface area contributed by atoms with Crippen molar-refractivity contribution in [1.29, 1.82) is 0 Å². The zero-order valence-corrected chi connectivity index (χ0v) is 13.7. The number of halogens is 1. The molecule has 2 N–H and O–H groups in total.